The number of rotatable bonds is 1. The maximum Gasteiger partial charge on any atom is 0.248 e. The van der Waals surface area contributed by atoms with E-state index in [0.29, 0.717) is 31.8 Å². The summed E-state index contributed by atoms with van der Waals surface area (Å²) in [6.07, 6.45) is 1.84. The SMILES string of the molecule is O=C(C1CCC(F)(F)CC1)N1CC2CCC(O)C2C1. The molecule has 2 saturated carbocycles. The smallest absolute Gasteiger partial charge is 0.248 e. The van der Waals surface area contributed by atoms with Gasteiger partial charge in [-0.2, -0.15) is 0 Å². The number of carbonyl (C=O) groups is 1. The van der Waals surface area contributed by atoms with Crippen molar-refractivity contribution in [1.82, 2.24) is 4.90 Å². The molecule has 3 fully saturated rings. The Morgan fingerprint density at radius 1 is 1.11 bits per heavy atom. The second-order valence-electron chi connectivity index (χ2n) is 6.44. The largest absolute Gasteiger partial charge is 0.393 e. The van der Waals surface area contributed by atoms with E-state index >= 15 is 0 Å². The van der Waals surface area contributed by atoms with Crippen molar-refractivity contribution in [3.63, 3.8) is 0 Å². The third-order valence-corrected chi connectivity index (χ3v) is 5.20. The molecule has 108 valence electrons. The van der Waals surface area contributed by atoms with E-state index in [1.54, 1.807) is 0 Å². The molecular weight excluding hydrogens is 252 g/mol. The molecule has 0 radical (unpaired) electrons. The fourth-order valence-corrected chi connectivity index (χ4v) is 3.96. The molecule has 5 heteroatoms. The number of carbonyl (C=O) groups excluding carboxylic acids is 1. The van der Waals surface area contributed by atoms with E-state index in [9.17, 15) is 18.7 Å². The third kappa shape index (κ3) is 2.49. The van der Waals surface area contributed by atoms with Crippen LogP contribution in [0.3, 0.4) is 0 Å². The number of hydrogen-bond acceptors (Lipinski definition) is 2. The first-order valence-electron chi connectivity index (χ1n) is 7.31. The first-order chi connectivity index (χ1) is 8.96. The number of aliphatic hydroxyl groups excluding tert-OH is 1. The van der Waals surface area contributed by atoms with Gasteiger partial charge in [0.05, 0.1) is 6.10 Å². The molecule has 3 rings (SSSR count). The van der Waals surface area contributed by atoms with Crippen molar-refractivity contribution in [3.8, 4) is 0 Å². The fraction of sp³-hybridized carbons (Fsp3) is 0.929. The van der Waals surface area contributed by atoms with Crippen LogP contribution in [0.15, 0.2) is 0 Å². The standard InChI is InChI=1S/C14H21F2NO2/c15-14(16)5-3-9(4-6-14)13(19)17-7-10-1-2-12(18)11(10)8-17/h9-12,18H,1-8H2. The Morgan fingerprint density at radius 3 is 2.42 bits per heavy atom. The molecule has 0 bridgehead atoms. The van der Waals surface area contributed by atoms with Gasteiger partial charge in [0, 0.05) is 37.8 Å². The van der Waals surface area contributed by atoms with E-state index in [4.69, 9.17) is 0 Å². The van der Waals surface area contributed by atoms with Crippen LogP contribution in [-0.4, -0.2) is 41.0 Å². The molecular formula is C14H21F2NO2. The van der Waals surface area contributed by atoms with E-state index in [1.165, 1.54) is 0 Å². The van der Waals surface area contributed by atoms with Gasteiger partial charge < -0.3 is 10.0 Å². The van der Waals surface area contributed by atoms with Gasteiger partial charge in [0.2, 0.25) is 11.8 Å². The molecule has 19 heavy (non-hydrogen) atoms. The highest BCUT2D eigenvalue weighted by Gasteiger charge is 2.45. The molecule has 0 aromatic carbocycles. The summed E-state index contributed by atoms with van der Waals surface area (Å²) >= 11 is 0. The van der Waals surface area contributed by atoms with Crippen LogP contribution in [0.4, 0.5) is 8.78 Å². The molecule has 0 spiro atoms. The Labute approximate surface area is 112 Å². The molecule has 1 heterocycles. The average Bonchev–Trinajstić information content (AvgIpc) is 2.91. The lowest BCUT2D eigenvalue weighted by Gasteiger charge is -2.30. The topological polar surface area (TPSA) is 40.5 Å². The van der Waals surface area contributed by atoms with Crippen LogP contribution < -0.4 is 0 Å². The average molecular weight is 273 g/mol. The summed E-state index contributed by atoms with van der Waals surface area (Å²) in [5, 5.41) is 9.84. The fourth-order valence-electron chi connectivity index (χ4n) is 3.96. The highest BCUT2D eigenvalue weighted by atomic mass is 19.3. The molecule has 2 aliphatic carbocycles. The van der Waals surface area contributed by atoms with Gasteiger partial charge in [-0.3, -0.25) is 4.79 Å². The number of fused-ring (bicyclic) bond motifs is 1. The van der Waals surface area contributed by atoms with E-state index in [-0.39, 0.29) is 36.7 Å². The molecule has 1 aliphatic heterocycles. The number of likely N-dealkylation sites (tertiary alicyclic amines) is 1. The number of aliphatic hydroxyl groups is 1. The molecule has 0 aromatic heterocycles. The lowest BCUT2D eigenvalue weighted by Crippen LogP contribution is -2.39. The lowest BCUT2D eigenvalue weighted by atomic mass is 9.86. The summed E-state index contributed by atoms with van der Waals surface area (Å²) in [5.74, 6) is -2.13. The molecule has 1 saturated heterocycles. The Bertz CT molecular complexity index is 364. The summed E-state index contributed by atoms with van der Waals surface area (Å²) in [6, 6.07) is 0. The van der Waals surface area contributed by atoms with E-state index in [0.717, 1.165) is 12.8 Å². The number of hydrogen-bond donors (Lipinski definition) is 1. The number of nitrogens with zero attached hydrogens (tertiary/aromatic N) is 1. The minimum absolute atomic E-state index is 0.0390. The Kier molecular flexibility index (Phi) is 3.28. The van der Waals surface area contributed by atoms with Crippen LogP contribution in [-0.2, 0) is 4.79 Å². The zero-order valence-electron chi connectivity index (χ0n) is 11.0. The first kappa shape index (κ1) is 13.3. The van der Waals surface area contributed by atoms with Crippen LogP contribution in [0, 0.1) is 17.8 Å². The van der Waals surface area contributed by atoms with Gasteiger partial charge in [-0.25, -0.2) is 8.78 Å². The normalized spacial score (nSPS) is 38.5. The Hall–Kier alpha value is -0.710. The summed E-state index contributed by atoms with van der Waals surface area (Å²) in [4.78, 5) is 14.2. The number of alkyl halides is 2. The molecule has 1 amide bonds. The van der Waals surface area contributed by atoms with Gasteiger partial charge >= 0.3 is 0 Å². The molecule has 1 N–H and O–H groups in total. The van der Waals surface area contributed by atoms with Crippen molar-refractivity contribution in [2.24, 2.45) is 17.8 Å². The van der Waals surface area contributed by atoms with E-state index < -0.39 is 5.92 Å². The lowest BCUT2D eigenvalue weighted by molar-refractivity contribution is -0.139. The second-order valence-corrected chi connectivity index (χ2v) is 6.44. The zero-order chi connectivity index (χ0) is 13.6. The van der Waals surface area contributed by atoms with Gasteiger partial charge in [-0.15, -0.1) is 0 Å². The van der Waals surface area contributed by atoms with E-state index in [2.05, 4.69) is 0 Å². The molecule has 0 aromatic rings. The first-order valence-corrected chi connectivity index (χ1v) is 7.31. The minimum atomic E-state index is -2.57. The Morgan fingerprint density at radius 2 is 1.79 bits per heavy atom. The van der Waals surface area contributed by atoms with Crippen molar-refractivity contribution in [2.45, 2.75) is 50.6 Å². The van der Waals surface area contributed by atoms with Gasteiger partial charge in [0.1, 0.15) is 0 Å². The van der Waals surface area contributed by atoms with Crippen LogP contribution in [0.2, 0.25) is 0 Å². The van der Waals surface area contributed by atoms with Crippen molar-refractivity contribution >= 4 is 5.91 Å². The van der Waals surface area contributed by atoms with E-state index in [1.807, 2.05) is 4.90 Å². The Balaban J connectivity index is 1.57. The summed E-state index contributed by atoms with van der Waals surface area (Å²) in [7, 11) is 0. The van der Waals surface area contributed by atoms with Crippen molar-refractivity contribution < 1.29 is 18.7 Å². The van der Waals surface area contributed by atoms with Crippen molar-refractivity contribution in [3.05, 3.63) is 0 Å². The predicted octanol–water partition coefficient (Wildman–Crippen LogP) is 2.04. The summed E-state index contributed by atoms with van der Waals surface area (Å²) in [5.41, 5.74) is 0. The van der Waals surface area contributed by atoms with Gasteiger partial charge in [-0.05, 0) is 31.6 Å². The van der Waals surface area contributed by atoms with Crippen molar-refractivity contribution in [2.75, 3.05) is 13.1 Å². The molecule has 3 atom stereocenters. The van der Waals surface area contributed by atoms with Crippen LogP contribution in [0.5, 0.6) is 0 Å². The van der Waals surface area contributed by atoms with Gasteiger partial charge in [0.25, 0.3) is 0 Å². The monoisotopic (exact) mass is 273 g/mol. The van der Waals surface area contributed by atoms with Crippen LogP contribution in [0.25, 0.3) is 0 Å². The summed E-state index contributed by atoms with van der Waals surface area (Å²) in [6.45, 7) is 1.34. The second kappa shape index (κ2) is 4.69. The molecule has 3 aliphatic rings. The third-order valence-electron chi connectivity index (χ3n) is 5.20. The quantitative estimate of drug-likeness (QED) is 0.794. The zero-order valence-corrected chi connectivity index (χ0v) is 11.0. The maximum atomic E-state index is 13.1. The molecule has 3 nitrogen and oxygen atoms in total. The van der Waals surface area contributed by atoms with Gasteiger partial charge in [-0.1, -0.05) is 0 Å². The number of amides is 1. The van der Waals surface area contributed by atoms with Gasteiger partial charge in [0.15, 0.2) is 0 Å². The number of halogens is 2. The van der Waals surface area contributed by atoms with Crippen LogP contribution >= 0.6 is 0 Å². The minimum Gasteiger partial charge on any atom is -0.393 e. The summed E-state index contributed by atoms with van der Waals surface area (Å²) < 4.78 is 26.2. The predicted molar refractivity (Wildman–Crippen MR) is 65.7 cm³/mol. The highest BCUT2D eigenvalue weighted by Crippen LogP contribution is 2.41. The van der Waals surface area contributed by atoms with Crippen LogP contribution in [0.1, 0.15) is 38.5 Å². The maximum absolute atomic E-state index is 13.1. The molecule has 3 unspecified atom stereocenters. The highest BCUT2D eigenvalue weighted by molar-refractivity contribution is 5.79. The van der Waals surface area contributed by atoms with Crippen molar-refractivity contribution in [1.29, 1.82) is 0 Å².